The Morgan fingerprint density at radius 2 is 1.64 bits per heavy atom. The highest BCUT2D eigenvalue weighted by Crippen LogP contribution is 2.42. The van der Waals surface area contributed by atoms with Gasteiger partial charge in [-0.1, -0.05) is 29.8 Å². The second kappa shape index (κ2) is 8.81. The number of ether oxygens (including phenoxy) is 2. The molecule has 0 spiro atoms. The van der Waals surface area contributed by atoms with Crippen molar-refractivity contribution < 1.29 is 27.4 Å². The van der Waals surface area contributed by atoms with Crippen LogP contribution in [0.3, 0.4) is 0 Å². The van der Waals surface area contributed by atoms with Crippen LogP contribution in [0.15, 0.2) is 60.7 Å². The zero-order chi connectivity index (χ0) is 23.8. The first-order valence-corrected chi connectivity index (χ1v) is 10.5. The van der Waals surface area contributed by atoms with Crippen LogP contribution in [0.2, 0.25) is 0 Å². The van der Waals surface area contributed by atoms with Crippen LogP contribution in [0.5, 0.6) is 11.5 Å². The van der Waals surface area contributed by atoms with Gasteiger partial charge in [0, 0.05) is 12.1 Å². The number of fused-ring (bicyclic) bond motifs is 1. The van der Waals surface area contributed by atoms with Gasteiger partial charge in [-0.15, -0.1) is 0 Å². The fraction of sp³-hybridized carbons (Fsp3) is 0.269. The van der Waals surface area contributed by atoms with E-state index in [1.165, 1.54) is 20.3 Å². The molecule has 0 saturated heterocycles. The number of aryl methyl sites for hydroxylation is 1. The number of halogens is 3. The second-order valence-electron chi connectivity index (χ2n) is 8.05. The number of hydrogen-bond donors (Lipinski definition) is 0. The zero-order valence-corrected chi connectivity index (χ0v) is 18.6. The largest absolute Gasteiger partial charge is 0.493 e. The molecule has 7 heteroatoms. The molecule has 0 aromatic heterocycles. The number of methoxy groups -OCH3 is 2. The number of nitrogens with zero attached hydrogens (tertiary/aromatic N) is 1. The summed E-state index contributed by atoms with van der Waals surface area (Å²) in [6.45, 7) is 2.28. The van der Waals surface area contributed by atoms with Crippen molar-refractivity contribution in [3.05, 3.63) is 94.0 Å². The Balaban J connectivity index is 1.88. The van der Waals surface area contributed by atoms with E-state index < -0.39 is 17.8 Å². The van der Waals surface area contributed by atoms with Gasteiger partial charge in [0.25, 0.3) is 5.91 Å². The average molecular weight is 455 g/mol. The smallest absolute Gasteiger partial charge is 0.416 e. The number of hydrogen-bond acceptors (Lipinski definition) is 3. The van der Waals surface area contributed by atoms with E-state index in [1.54, 1.807) is 29.2 Å². The van der Waals surface area contributed by atoms with E-state index in [1.807, 2.05) is 25.1 Å². The maximum absolute atomic E-state index is 13.5. The van der Waals surface area contributed by atoms with E-state index in [-0.39, 0.29) is 5.91 Å². The molecule has 33 heavy (non-hydrogen) atoms. The molecule has 1 aliphatic heterocycles. The van der Waals surface area contributed by atoms with Crippen LogP contribution in [0, 0.1) is 6.92 Å². The van der Waals surface area contributed by atoms with Crippen molar-refractivity contribution in [2.24, 2.45) is 0 Å². The summed E-state index contributed by atoms with van der Waals surface area (Å²) in [6.07, 6.45) is -3.94. The summed E-state index contributed by atoms with van der Waals surface area (Å²) in [6, 6.07) is 15.2. The van der Waals surface area contributed by atoms with Gasteiger partial charge in [0.05, 0.1) is 25.8 Å². The maximum atomic E-state index is 13.5. The molecular formula is C26H24F3NO3. The number of carbonyl (C=O) groups excluding carboxylic acids is 1. The summed E-state index contributed by atoms with van der Waals surface area (Å²) >= 11 is 0. The molecule has 0 radical (unpaired) electrons. The van der Waals surface area contributed by atoms with Crippen molar-refractivity contribution in [2.75, 3.05) is 20.8 Å². The first-order chi connectivity index (χ1) is 15.7. The van der Waals surface area contributed by atoms with Gasteiger partial charge in [0.1, 0.15) is 0 Å². The van der Waals surface area contributed by atoms with Gasteiger partial charge >= 0.3 is 6.18 Å². The zero-order valence-electron chi connectivity index (χ0n) is 18.6. The Morgan fingerprint density at radius 1 is 0.970 bits per heavy atom. The molecule has 4 rings (SSSR count). The molecule has 1 atom stereocenters. The SMILES string of the molecule is COc1cc2c(cc1OC)[C@@H](c1cccc(C(F)(F)F)c1)N(C(=O)c1ccc(C)cc1)CC2. The minimum absolute atomic E-state index is 0.238. The molecule has 3 aromatic rings. The standard InChI is InChI=1S/C26H24F3NO3/c1-16-7-9-17(10-8-16)25(31)30-12-11-18-14-22(32-2)23(33-3)15-21(18)24(30)19-5-4-6-20(13-19)26(27,28)29/h4-10,13-15,24H,11-12H2,1-3H3/t24-/m1/s1. The van der Waals surface area contributed by atoms with Crippen LogP contribution in [0.4, 0.5) is 13.2 Å². The first-order valence-electron chi connectivity index (χ1n) is 10.5. The molecule has 4 nitrogen and oxygen atoms in total. The van der Waals surface area contributed by atoms with Gasteiger partial charge in [-0.25, -0.2) is 0 Å². The second-order valence-corrected chi connectivity index (χ2v) is 8.05. The van der Waals surface area contributed by atoms with E-state index in [9.17, 15) is 18.0 Å². The molecule has 1 heterocycles. The third kappa shape index (κ3) is 4.40. The molecule has 1 amide bonds. The van der Waals surface area contributed by atoms with Crippen molar-refractivity contribution in [1.82, 2.24) is 4.90 Å². The van der Waals surface area contributed by atoms with Crippen molar-refractivity contribution >= 4 is 5.91 Å². The highest BCUT2D eigenvalue weighted by atomic mass is 19.4. The molecule has 0 N–H and O–H groups in total. The monoisotopic (exact) mass is 455 g/mol. The summed E-state index contributed by atoms with van der Waals surface area (Å²) in [5, 5.41) is 0. The quantitative estimate of drug-likeness (QED) is 0.498. The highest BCUT2D eigenvalue weighted by Gasteiger charge is 2.36. The summed E-state index contributed by atoms with van der Waals surface area (Å²) in [7, 11) is 3.03. The Morgan fingerprint density at radius 3 is 2.27 bits per heavy atom. The minimum Gasteiger partial charge on any atom is -0.493 e. The van der Waals surface area contributed by atoms with Crippen molar-refractivity contribution in [3.63, 3.8) is 0 Å². The molecule has 1 aliphatic rings. The Labute approximate surface area is 190 Å². The first kappa shape index (κ1) is 22.7. The van der Waals surface area contributed by atoms with Crippen molar-refractivity contribution in [1.29, 1.82) is 0 Å². The number of alkyl halides is 3. The number of carbonyl (C=O) groups is 1. The molecule has 0 bridgehead atoms. The lowest BCUT2D eigenvalue weighted by molar-refractivity contribution is -0.137. The lowest BCUT2D eigenvalue weighted by Crippen LogP contribution is -2.40. The molecule has 0 aliphatic carbocycles. The van der Waals surface area contributed by atoms with E-state index in [0.717, 1.165) is 28.8 Å². The van der Waals surface area contributed by atoms with Crippen molar-refractivity contribution in [2.45, 2.75) is 25.6 Å². The van der Waals surface area contributed by atoms with E-state index in [4.69, 9.17) is 9.47 Å². The van der Waals surface area contributed by atoms with Crippen LogP contribution in [-0.4, -0.2) is 31.6 Å². The Kier molecular flexibility index (Phi) is 6.06. The summed E-state index contributed by atoms with van der Waals surface area (Å²) in [5.74, 6) is 0.757. The van der Waals surface area contributed by atoms with Crippen LogP contribution in [0.25, 0.3) is 0 Å². The van der Waals surface area contributed by atoms with Crippen molar-refractivity contribution in [3.8, 4) is 11.5 Å². The van der Waals surface area contributed by atoms with E-state index in [0.29, 0.717) is 35.6 Å². The van der Waals surface area contributed by atoms with Gasteiger partial charge in [0.2, 0.25) is 0 Å². The maximum Gasteiger partial charge on any atom is 0.416 e. The van der Waals surface area contributed by atoms with Gasteiger partial charge in [-0.05, 0) is 66.4 Å². The third-order valence-corrected chi connectivity index (χ3v) is 5.96. The average Bonchev–Trinajstić information content (AvgIpc) is 2.82. The Hall–Kier alpha value is -3.48. The van der Waals surface area contributed by atoms with Gasteiger partial charge < -0.3 is 14.4 Å². The molecular weight excluding hydrogens is 431 g/mol. The van der Waals surface area contributed by atoms with Gasteiger partial charge in [-0.3, -0.25) is 4.79 Å². The van der Waals surface area contributed by atoms with E-state index in [2.05, 4.69) is 0 Å². The predicted octanol–water partition coefficient (Wildman–Crippen LogP) is 5.82. The van der Waals surface area contributed by atoms with E-state index >= 15 is 0 Å². The van der Waals surface area contributed by atoms with Crippen LogP contribution in [0.1, 0.15) is 44.2 Å². The van der Waals surface area contributed by atoms with Gasteiger partial charge in [-0.2, -0.15) is 13.2 Å². The Bertz CT molecular complexity index is 1170. The molecule has 3 aromatic carbocycles. The molecule has 0 fully saturated rings. The third-order valence-electron chi connectivity index (χ3n) is 5.96. The van der Waals surface area contributed by atoms with Crippen LogP contribution in [-0.2, 0) is 12.6 Å². The topological polar surface area (TPSA) is 38.8 Å². The summed E-state index contributed by atoms with van der Waals surface area (Å²) < 4.78 is 51.3. The fourth-order valence-corrected chi connectivity index (χ4v) is 4.27. The highest BCUT2D eigenvalue weighted by molar-refractivity contribution is 5.95. The lowest BCUT2D eigenvalue weighted by Gasteiger charge is -2.38. The summed E-state index contributed by atoms with van der Waals surface area (Å²) in [5.41, 5.74) is 2.76. The summed E-state index contributed by atoms with van der Waals surface area (Å²) in [4.78, 5) is 15.1. The van der Waals surface area contributed by atoms with Crippen LogP contribution >= 0.6 is 0 Å². The fourth-order valence-electron chi connectivity index (χ4n) is 4.27. The van der Waals surface area contributed by atoms with Crippen LogP contribution < -0.4 is 9.47 Å². The van der Waals surface area contributed by atoms with Gasteiger partial charge in [0.15, 0.2) is 11.5 Å². The predicted molar refractivity (Wildman–Crippen MR) is 119 cm³/mol. The minimum atomic E-state index is -4.49. The number of amides is 1. The normalized spacial score (nSPS) is 15.7. The molecule has 172 valence electrons. The lowest BCUT2D eigenvalue weighted by atomic mass is 9.86. The molecule has 0 unspecified atom stereocenters. The number of rotatable bonds is 4. The molecule has 0 saturated carbocycles. The number of benzene rings is 3.